The van der Waals surface area contributed by atoms with E-state index in [9.17, 15) is 0 Å². The number of aryl methyl sites for hydroxylation is 1. The van der Waals surface area contributed by atoms with Gasteiger partial charge in [-0.05, 0) is 30.2 Å². The van der Waals surface area contributed by atoms with Crippen molar-refractivity contribution in [1.82, 2.24) is 0 Å². The molecular weight excluding hydrogens is 208 g/mol. The summed E-state index contributed by atoms with van der Waals surface area (Å²) in [5, 5.41) is 0. The van der Waals surface area contributed by atoms with Crippen LogP contribution in [0.4, 0.5) is 0 Å². The Morgan fingerprint density at radius 1 is 1.20 bits per heavy atom. The maximum Gasteiger partial charge on any atom is 0.0715 e. The second-order valence-corrected chi connectivity index (χ2v) is 4.53. The lowest BCUT2D eigenvalue weighted by Gasteiger charge is -2.07. The van der Waals surface area contributed by atoms with Crippen LogP contribution in [0.2, 0.25) is 0 Å². The van der Waals surface area contributed by atoms with E-state index in [1.165, 1.54) is 16.0 Å². The third-order valence-corrected chi connectivity index (χ3v) is 3.13. The minimum Gasteiger partial charge on any atom is -0.384 e. The molecule has 0 aliphatic carbocycles. The molecule has 0 aromatic heterocycles. The van der Waals surface area contributed by atoms with Gasteiger partial charge in [0.1, 0.15) is 0 Å². The van der Waals surface area contributed by atoms with Gasteiger partial charge < -0.3 is 9.47 Å². The van der Waals surface area contributed by atoms with Crippen molar-refractivity contribution in [2.24, 2.45) is 0 Å². The second kappa shape index (κ2) is 6.88. The van der Waals surface area contributed by atoms with E-state index in [4.69, 9.17) is 9.47 Å². The fraction of sp³-hybridized carbons (Fsp3) is 0.500. The maximum atomic E-state index is 5.12. The zero-order chi connectivity index (χ0) is 11.1. The number of rotatable bonds is 6. The van der Waals surface area contributed by atoms with Crippen LogP contribution >= 0.6 is 11.8 Å². The van der Waals surface area contributed by atoms with Gasteiger partial charge >= 0.3 is 0 Å². The van der Waals surface area contributed by atoms with Crippen molar-refractivity contribution in [2.45, 2.75) is 18.4 Å². The van der Waals surface area contributed by atoms with Crippen molar-refractivity contribution in [3.05, 3.63) is 29.3 Å². The van der Waals surface area contributed by atoms with Gasteiger partial charge in [0.2, 0.25) is 0 Å². The Bertz CT molecular complexity index is 300. The molecule has 0 saturated heterocycles. The molecule has 0 saturated carbocycles. The van der Waals surface area contributed by atoms with Crippen LogP contribution in [0.1, 0.15) is 11.1 Å². The predicted octanol–water partition coefficient (Wildman–Crippen LogP) is 2.88. The van der Waals surface area contributed by atoms with E-state index in [1.54, 1.807) is 14.2 Å². The molecule has 0 N–H and O–H groups in total. The lowest BCUT2D eigenvalue weighted by atomic mass is 10.1. The number of methoxy groups -OCH3 is 2. The molecule has 0 aliphatic rings. The number of hydrogen-bond donors (Lipinski definition) is 0. The molecule has 3 heteroatoms. The van der Waals surface area contributed by atoms with Gasteiger partial charge in [0.05, 0.1) is 13.2 Å². The zero-order valence-corrected chi connectivity index (χ0v) is 10.4. The summed E-state index contributed by atoms with van der Waals surface area (Å²) in [7, 11) is 3.45. The molecule has 84 valence electrons. The smallest absolute Gasteiger partial charge is 0.0715 e. The highest BCUT2D eigenvalue weighted by Crippen LogP contribution is 2.21. The van der Waals surface area contributed by atoms with E-state index in [0.29, 0.717) is 6.61 Å². The first-order valence-electron chi connectivity index (χ1n) is 4.98. The highest BCUT2D eigenvalue weighted by atomic mass is 32.2. The van der Waals surface area contributed by atoms with Crippen LogP contribution < -0.4 is 0 Å². The van der Waals surface area contributed by atoms with Crippen LogP contribution in [0.5, 0.6) is 0 Å². The molecule has 0 atom stereocenters. The first kappa shape index (κ1) is 12.6. The second-order valence-electron chi connectivity index (χ2n) is 3.36. The Balaban J connectivity index is 2.56. The molecule has 0 aliphatic heterocycles. The summed E-state index contributed by atoms with van der Waals surface area (Å²) in [6, 6.07) is 6.48. The minimum atomic E-state index is 0.689. The molecule has 1 aromatic rings. The first-order valence-corrected chi connectivity index (χ1v) is 5.96. The van der Waals surface area contributed by atoms with Crippen molar-refractivity contribution >= 4 is 11.8 Å². The molecule has 15 heavy (non-hydrogen) atoms. The molecule has 0 fully saturated rings. The van der Waals surface area contributed by atoms with Gasteiger partial charge in [0.25, 0.3) is 0 Å². The molecule has 1 aromatic carbocycles. The van der Waals surface area contributed by atoms with E-state index in [0.717, 1.165) is 12.4 Å². The lowest BCUT2D eigenvalue weighted by molar-refractivity contribution is 0.184. The standard InChI is InChI=1S/C12H18O2S/c1-10-8-12(15-7-6-13-2)5-4-11(10)9-14-3/h4-5,8H,6-7,9H2,1-3H3. The molecule has 0 unspecified atom stereocenters. The summed E-state index contributed by atoms with van der Waals surface area (Å²) in [6.45, 7) is 3.60. The van der Waals surface area contributed by atoms with Gasteiger partial charge in [-0.3, -0.25) is 0 Å². The molecule has 0 amide bonds. The molecule has 0 heterocycles. The molecule has 1 rings (SSSR count). The third-order valence-electron chi connectivity index (χ3n) is 2.17. The molecular formula is C12H18O2S. The van der Waals surface area contributed by atoms with Crippen molar-refractivity contribution in [2.75, 3.05) is 26.6 Å². The van der Waals surface area contributed by atoms with Crippen LogP contribution in [0.15, 0.2) is 23.1 Å². The number of ether oxygens (including phenoxy) is 2. The zero-order valence-electron chi connectivity index (χ0n) is 9.58. The maximum absolute atomic E-state index is 5.12. The Labute approximate surface area is 96.0 Å². The summed E-state index contributed by atoms with van der Waals surface area (Å²) in [5.41, 5.74) is 2.55. The van der Waals surface area contributed by atoms with Crippen LogP contribution in [-0.2, 0) is 16.1 Å². The topological polar surface area (TPSA) is 18.5 Å². The van der Waals surface area contributed by atoms with Gasteiger partial charge in [0.15, 0.2) is 0 Å². The van der Waals surface area contributed by atoms with Crippen molar-refractivity contribution in [3.63, 3.8) is 0 Å². The van der Waals surface area contributed by atoms with Gasteiger partial charge in [0, 0.05) is 24.9 Å². The number of thioether (sulfide) groups is 1. The molecule has 2 nitrogen and oxygen atoms in total. The highest BCUT2D eigenvalue weighted by molar-refractivity contribution is 7.99. The summed E-state index contributed by atoms with van der Waals surface area (Å²) in [6.07, 6.45) is 0. The monoisotopic (exact) mass is 226 g/mol. The van der Waals surface area contributed by atoms with E-state index in [1.807, 2.05) is 11.8 Å². The van der Waals surface area contributed by atoms with E-state index in [-0.39, 0.29) is 0 Å². The van der Waals surface area contributed by atoms with Crippen molar-refractivity contribution < 1.29 is 9.47 Å². The minimum absolute atomic E-state index is 0.689. The molecule has 0 bridgehead atoms. The van der Waals surface area contributed by atoms with E-state index >= 15 is 0 Å². The highest BCUT2D eigenvalue weighted by Gasteiger charge is 2.00. The van der Waals surface area contributed by atoms with Gasteiger partial charge in [-0.15, -0.1) is 11.8 Å². The van der Waals surface area contributed by atoms with Gasteiger partial charge in [-0.25, -0.2) is 0 Å². The fourth-order valence-electron chi connectivity index (χ4n) is 1.32. The van der Waals surface area contributed by atoms with Crippen molar-refractivity contribution in [3.8, 4) is 0 Å². The van der Waals surface area contributed by atoms with Crippen molar-refractivity contribution in [1.29, 1.82) is 0 Å². The third kappa shape index (κ3) is 4.24. The average molecular weight is 226 g/mol. The normalized spacial score (nSPS) is 10.6. The first-order chi connectivity index (χ1) is 7.27. The van der Waals surface area contributed by atoms with Crippen LogP contribution in [0.3, 0.4) is 0 Å². The average Bonchev–Trinajstić information content (AvgIpc) is 2.23. The Morgan fingerprint density at radius 3 is 2.60 bits per heavy atom. The Kier molecular flexibility index (Phi) is 5.76. The van der Waals surface area contributed by atoms with Gasteiger partial charge in [-0.2, -0.15) is 0 Å². The lowest BCUT2D eigenvalue weighted by Crippen LogP contribution is -1.94. The van der Waals surface area contributed by atoms with Crippen LogP contribution in [0, 0.1) is 6.92 Å². The van der Waals surface area contributed by atoms with Gasteiger partial charge in [-0.1, -0.05) is 6.07 Å². The molecule has 0 spiro atoms. The predicted molar refractivity (Wildman–Crippen MR) is 64.5 cm³/mol. The Morgan fingerprint density at radius 2 is 2.00 bits per heavy atom. The SMILES string of the molecule is COCCSc1ccc(COC)c(C)c1. The largest absolute Gasteiger partial charge is 0.384 e. The number of benzene rings is 1. The summed E-state index contributed by atoms with van der Waals surface area (Å²) in [5.74, 6) is 1.000. The molecule has 0 radical (unpaired) electrons. The summed E-state index contributed by atoms with van der Waals surface area (Å²) >= 11 is 1.82. The van der Waals surface area contributed by atoms with Crippen LogP contribution in [0.25, 0.3) is 0 Å². The number of hydrogen-bond acceptors (Lipinski definition) is 3. The Hall–Kier alpha value is -0.510. The van der Waals surface area contributed by atoms with E-state index in [2.05, 4.69) is 25.1 Å². The summed E-state index contributed by atoms with van der Waals surface area (Å²) < 4.78 is 10.1. The quantitative estimate of drug-likeness (QED) is 0.549. The van der Waals surface area contributed by atoms with E-state index < -0.39 is 0 Å². The fourth-order valence-corrected chi connectivity index (χ4v) is 2.23. The van der Waals surface area contributed by atoms with Crippen LogP contribution in [-0.4, -0.2) is 26.6 Å². The summed E-state index contributed by atoms with van der Waals surface area (Å²) in [4.78, 5) is 1.30.